The monoisotopic (exact) mass is 364 g/mol. The van der Waals surface area contributed by atoms with Crippen molar-refractivity contribution in [3.63, 3.8) is 0 Å². The quantitative estimate of drug-likeness (QED) is 0.387. The summed E-state index contributed by atoms with van der Waals surface area (Å²) in [4.78, 5) is 16.2. The first kappa shape index (κ1) is 23.6. The van der Waals surface area contributed by atoms with Crippen molar-refractivity contribution in [1.82, 2.24) is 9.80 Å². The summed E-state index contributed by atoms with van der Waals surface area (Å²) in [5, 5.41) is 0. The largest absolute Gasteiger partial charge is 1.00 e. The molecular formula is C16H25N2NaO4S. The molecule has 0 aliphatic rings. The van der Waals surface area contributed by atoms with Crippen molar-refractivity contribution >= 4 is 16.0 Å². The molecule has 6 nitrogen and oxygen atoms in total. The third kappa shape index (κ3) is 9.76. The van der Waals surface area contributed by atoms with Gasteiger partial charge in [-0.2, -0.15) is 0 Å². The molecule has 0 fully saturated rings. The maximum absolute atomic E-state index is 12.6. The van der Waals surface area contributed by atoms with Crippen LogP contribution in [0.3, 0.4) is 0 Å². The van der Waals surface area contributed by atoms with E-state index >= 15 is 0 Å². The van der Waals surface area contributed by atoms with Crippen LogP contribution in [0, 0.1) is 6.92 Å². The molecule has 0 radical (unpaired) electrons. The zero-order valence-corrected chi connectivity index (χ0v) is 17.8. The Morgan fingerprint density at radius 2 is 1.58 bits per heavy atom. The molecule has 0 heterocycles. The van der Waals surface area contributed by atoms with E-state index in [0.717, 1.165) is 18.5 Å². The molecule has 0 aliphatic heterocycles. The summed E-state index contributed by atoms with van der Waals surface area (Å²) in [7, 11) is -0.337. The maximum atomic E-state index is 12.6. The molecule has 130 valence electrons. The second kappa shape index (κ2) is 11.2. The minimum atomic E-state index is -4.25. The van der Waals surface area contributed by atoms with Crippen LogP contribution in [0.15, 0.2) is 24.3 Å². The number of benzene rings is 1. The van der Waals surface area contributed by atoms with Gasteiger partial charge in [0.05, 0.1) is 10.1 Å². The molecular weight excluding hydrogens is 339 g/mol. The SMILES string of the molecule is Cc1ccc(C(=O)N(CCCN(C)C)CCCS(=O)(=O)[O-])cc1.[Na+]. The van der Waals surface area contributed by atoms with Crippen LogP contribution < -0.4 is 29.6 Å². The fraction of sp³-hybridized carbons (Fsp3) is 0.562. The standard InChI is InChI=1S/C16H26N2O4S.Na/c1-14-6-8-15(9-7-14)16(19)18(11-4-10-17(2)3)12-5-13-23(20,21)22;/h6-9H,4-5,10-13H2,1-3H3,(H,20,21,22);/q;+1/p-1. The number of carbonyl (C=O) groups is 1. The molecule has 24 heavy (non-hydrogen) atoms. The minimum absolute atomic E-state index is 0. The Kier molecular flexibility index (Phi) is 11.0. The van der Waals surface area contributed by atoms with E-state index in [1.807, 2.05) is 38.1 Å². The van der Waals surface area contributed by atoms with Gasteiger partial charge in [0.15, 0.2) is 0 Å². The van der Waals surface area contributed by atoms with Crippen LogP contribution in [0.4, 0.5) is 0 Å². The van der Waals surface area contributed by atoms with Crippen molar-refractivity contribution < 1.29 is 47.3 Å². The van der Waals surface area contributed by atoms with Gasteiger partial charge in [-0.3, -0.25) is 4.79 Å². The van der Waals surface area contributed by atoms with Crippen LogP contribution in [-0.2, 0) is 10.1 Å². The summed E-state index contributed by atoms with van der Waals surface area (Å²) in [6.45, 7) is 3.57. The number of hydrogen-bond acceptors (Lipinski definition) is 5. The van der Waals surface area contributed by atoms with Crippen molar-refractivity contribution in [3.8, 4) is 0 Å². The smallest absolute Gasteiger partial charge is 0.748 e. The average molecular weight is 364 g/mol. The molecule has 0 N–H and O–H groups in total. The van der Waals surface area contributed by atoms with E-state index < -0.39 is 15.9 Å². The minimum Gasteiger partial charge on any atom is -0.748 e. The topological polar surface area (TPSA) is 80.8 Å². The summed E-state index contributed by atoms with van der Waals surface area (Å²) in [6, 6.07) is 7.27. The number of nitrogens with zero attached hydrogens (tertiary/aromatic N) is 2. The maximum Gasteiger partial charge on any atom is 1.00 e. The number of rotatable bonds is 9. The normalized spacial score (nSPS) is 11.2. The summed E-state index contributed by atoms with van der Waals surface area (Å²) in [6.07, 6.45) is 0.945. The van der Waals surface area contributed by atoms with Crippen LogP contribution in [0.1, 0.15) is 28.8 Å². The fourth-order valence-electron chi connectivity index (χ4n) is 2.20. The molecule has 0 saturated carbocycles. The predicted molar refractivity (Wildman–Crippen MR) is 89.4 cm³/mol. The molecule has 0 aromatic heterocycles. The molecule has 8 heteroatoms. The predicted octanol–water partition coefficient (Wildman–Crippen LogP) is -1.67. The van der Waals surface area contributed by atoms with Crippen LogP contribution in [0.2, 0.25) is 0 Å². The fourth-order valence-corrected chi connectivity index (χ4v) is 2.69. The van der Waals surface area contributed by atoms with Crippen LogP contribution in [0.25, 0.3) is 0 Å². The molecule has 0 spiro atoms. The van der Waals surface area contributed by atoms with Crippen molar-refractivity contribution in [3.05, 3.63) is 35.4 Å². The van der Waals surface area contributed by atoms with Gasteiger partial charge in [-0.25, -0.2) is 8.42 Å². The van der Waals surface area contributed by atoms with Crippen LogP contribution >= 0.6 is 0 Å². The molecule has 1 aromatic carbocycles. The zero-order chi connectivity index (χ0) is 17.5. The molecule has 0 saturated heterocycles. The van der Waals surface area contributed by atoms with Crippen molar-refractivity contribution in [1.29, 1.82) is 0 Å². The molecule has 0 atom stereocenters. The van der Waals surface area contributed by atoms with Gasteiger partial charge in [0.1, 0.15) is 0 Å². The molecule has 1 aromatic rings. The Hall–Kier alpha value is -0.440. The zero-order valence-electron chi connectivity index (χ0n) is 15.0. The Morgan fingerprint density at radius 1 is 1.04 bits per heavy atom. The van der Waals surface area contributed by atoms with Crippen molar-refractivity contribution in [2.75, 3.05) is 39.5 Å². The number of aryl methyl sites for hydroxylation is 1. The molecule has 0 unspecified atom stereocenters. The summed E-state index contributed by atoms with van der Waals surface area (Å²) >= 11 is 0. The number of amides is 1. The Morgan fingerprint density at radius 3 is 2.08 bits per heavy atom. The van der Waals surface area contributed by atoms with Gasteiger partial charge in [-0.15, -0.1) is 0 Å². The number of carbonyl (C=O) groups excluding carboxylic acids is 1. The Labute approximate surface area is 167 Å². The van der Waals surface area contributed by atoms with E-state index in [9.17, 15) is 17.8 Å². The Balaban J connectivity index is 0.00000529. The summed E-state index contributed by atoms with van der Waals surface area (Å²) < 4.78 is 32.2. The summed E-state index contributed by atoms with van der Waals surface area (Å²) in [5.41, 5.74) is 1.64. The first-order valence-corrected chi connectivity index (χ1v) is 9.21. The van der Waals surface area contributed by atoms with Gasteiger partial charge >= 0.3 is 29.6 Å². The van der Waals surface area contributed by atoms with Crippen molar-refractivity contribution in [2.24, 2.45) is 0 Å². The van der Waals surface area contributed by atoms with E-state index in [2.05, 4.69) is 0 Å². The van der Waals surface area contributed by atoms with Gasteiger partial charge in [0.25, 0.3) is 5.91 Å². The summed E-state index contributed by atoms with van der Waals surface area (Å²) in [5.74, 6) is -0.578. The van der Waals surface area contributed by atoms with Crippen LogP contribution in [-0.4, -0.2) is 68.2 Å². The number of hydrogen-bond donors (Lipinski definition) is 0. The molecule has 0 aliphatic carbocycles. The van der Waals surface area contributed by atoms with Gasteiger partial charge in [0, 0.05) is 24.4 Å². The molecule has 1 amide bonds. The first-order valence-electron chi connectivity index (χ1n) is 7.63. The van der Waals surface area contributed by atoms with Gasteiger partial charge in [-0.1, -0.05) is 17.7 Å². The van der Waals surface area contributed by atoms with E-state index in [1.54, 1.807) is 17.0 Å². The van der Waals surface area contributed by atoms with E-state index in [1.165, 1.54) is 0 Å². The van der Waals surface area contributed by atoms with Gasteiger partial charge in [0.2, 0.25) is 0 Å². The molecule has 0 bridgehead atoms. The average Bonchev–Trinajstić information content (AvgIpc) is 2.44. The second-order valence-corrected chi connectivity index (χ2v) is 7.45. The molecule has 1 rings (SSSR count). The van der Waals surface area contributed by atoms with Gasteiger partial charge in [-0.05, 0) is 52.5 Å². The third-order valence-corrected chi connectivity index (χ3v) is 4.23. The van der Waals surface area contributed by atoms with E-state index in [-0.39, 0.29) is 48.4 Å². The van der Waals surface area contributed by atoms with Crippen molar-refractivity contribution in [2.45, 2.75) is 19.8 Å². The van der Waals surface area contributed by atoms with Crippen LogP contribution in [0.5, 0.6) is 0 Å². The Bertz CT molecular complexity index is 603. The van der Waals surface area contributed by atoms with E-state index in [4.69, 9.17) is 0 Å². The first-order chi connectivity index (χ1) is 10.7. The van der Waals surface area contributed by atoms with E-state index in [0.29, 0.717) is 12.1 Å². The van der Waals surface area contributed by atoms with Gasteiger partial charge < -0.3 is 14.4 Å². The third-order valence-electron chi connectivity index (χ3n) is 3.44. The second-order valence-electron chi connectivity index (χ2n) is 5.93.